The van der Waals surface area contributed by atoms with Crippen molar-refractivity contribution in [1.82, 2.24) is 0 Å². The molecule has 0 aliphatic rings. The Balaban J connectivity index is 2.61. The van der Waals surface area contributed by atoms with Crippen molar-refractivity contribution in [3.05, 3.63) is 42.5 Å². The highest BCUT2D eigenvalue weighted by molar-refractivity contribution is 14.2. The molecule has 0 unspecified atom stereocenters. The molecule has 0 aromatic heterocycles. The van der Waals surface area contributed by atoms with Crippen LogP contribution in [0.4, 0.5) is 0 Å². The lowest BCUT2D eigenvalue weighted by Gasteiger charge is -2.03. The van der Waals surface area contributed by atoms with Crippen molar-refractivity contribution in [2.75, 3.05) is 0 Å². The quantitative estimate of drug-likeness (QED) is 0.607. The SMILES string of the molecule is ISOc1cccc2ccccc12. The Morgan fingerprint density at radius 2 is 1.77 bits per heavy atom. The Bertz CT molecular complexity index is 411. The predicted molar refractivity (Wildman–Crippen MR) is 66.2 cm³/mol. The summed E-state index contributed by atoms with van der Waals surface area (Å²) in [5.41, 5.74) is 0. The largest absolute Gasteiger partial charge is 0.414 e. The summed E-state index contributed by atoms with van der Waals surface area (Å²) in [5.74, 6) is 0.928. The Kier molecular flexibility index (Phi) is 2.95. The molecule has 0 N–H and O–H groups in total. The van der Waals surface area contributed by atoms with E-state index in [0.29, 0.717) is 0 Å². The summed E-state index contributed by atoms with van der Waals surface area (Å²) in [5, 5.41) is 2.37. The zero-order valence-electron chi connectivity index (χ0n) is 6.74. The highest BCUT2D eigenvalue weighted by Crippen LogP contribution is 2.29. The molecule has 0 radical (unpaired) electrons. The van der Waals surface area contributed by atoms with Crippen LogP contribution in [0.1, 0.15) is 0 Å². The summed E-state index contributed by atoms with van der Waals surface area (Å²) in [6, 6.07) is 14.3. The molecular weight excluding hydrogens is 295 g/mol. The fourth-order valence-corrected chi connectivity index (χ4v) is 2.10. The number of benzene rings is 2. The van der Waals surface area contributed by atoms with Gasteiger partial charge >= 0.3 is 0 Å². The molecule has 0 amide bonds. The van der Waals surface area contributed by atoms with Gasteiger partial charge in [0, 0.05) is 26.6 Å². The standard InChI is InChI=1S/C10H7IOS/c11-13-12-10-7-3-5-8-4-1-2-6-9(8)10/h1-7H. The first kappa shape index (κ1) is 9.15. The number of fused-ring (bicyclic) bond motifs is 1. The number of hydrogen-bond donors (Lipinski definition) is 0. The molecule has 1 nitrogen and oxygen atoms in total. The van der Waals surface area contributed by atoms with Crippen LogP contribution in [0.25, 0.3) is 10.8 Å². The van der Waals surface area contributed by atoms with Crippen LogP contribution in [0.3, 0.4) is 0 Å². The van der Waals surface area contributed by atoms with Crippen molar-refractivity contribution < 1.29 is 4.18 Å². The molecule has 0 saturated heterocycles. The smallest absolute Gasteiger partial charge is 0.146 e. The first-order valence-corrected chi connectivity index (χ1v) is 7.13. The minimum atomic E-state index is 0.928. The molecule has 2 aromatic carbocycles. The van der Waals surface area contributed by atoms with Crippen LogP contribution in [0.2, 0.25) is 0 Å². The van der Waals surface area contributed by atoms with E-state index < -0.39 is 0 Å². The topological polar surface area (TPSA) is 9.23 Å². The van der Waals surface area contributed by atoms with Gasteiger partial charge < -0.3 is 4.18 Å². The van der Waals surface area contributed by atoms with Gasteiger partial charge in [0.2, 0.25) is 0 Å². The second-order valence-corrected chi connectivity index (χ2v) is 4.00. The van der Waals surface area contributed by atoms with E-state index in [9.17, 15) is 0 Å². The summed E-state index contributed by atoms with van der Waals surface area (Å²) in [6.45, 7) is 0. The second-order valence-electron chi connectivity index (χ2n) is 2.62. The molecule has 0 fully saturated rings. The van der Waals surface area contributed by atoms with E-state index in [2.05, 4.69) is 39.4 Å². The van der Waals surface area contributed by atoms with Gasteiger partial charge in [0.1, 0.15) is 15.0 Å². The highest BCUT2D eigenvalue weighted by atomic mass is 127. The molecule has 3 heteroatoms. The van der Waals surface area contributed by atoms with Crippen LogP contribution in [-0.4, -0.2) is 0 Å². The van der Waals surface area contributed by atoms with Crippen LogP contribution < -0.4 is 4.18 Å². The van der Waals surface area contributed by atoms with Gasteiger partial charge in [-0.05, 0) is 11.5 Å². The minimum absolute atomic E-state index is 0.928. The first-order chi connectivity index (χ1) is 6.42. The van der Waals surface area contributed by atoms with Crippen LogP contribution in [0, 0.1) is 0 Å². The maximum absolute atomic E-state index is 5.42. The van der Waals surface area contributed by atoms with Crippen LogP contribution in [-0.2, 0) is 0 Å². The zero-order valence-corrected chi connectivity index (χ0v) is 9.71. The van der Waals surface area contributed by atoms with E-state index in [1.807, 2.05) is 24.3 Å². The first-order valence-electron chi connectivity index (χ1n) is 3.85. The Labute approximate surface area is 93.3 Å². The normalized spacial score (nSPS) is 10.2. The average Bonchev–Trinajstić information content (AvgIpc) is 2.19. The molecule has 0 aliphatic heterocycles. The highest BCUT2D eigenvalue weighted by Gasteiger charge is 1.99. The molecule has 0 bridgehead atoms. The van der Waals surface area contributed by atoms with E-state index in [0.717, 1.165) is 11.1 Å². The molecule has 2 aromatic rings. The lowest BCUT2D eigenvalue weighted by atomic mass is 10.1. The van der Waals surface area contributed by atoms with Gasteiger partial charge in [-0.1, -0.05) is 36.4 Å². The molecule has 0 saturated carbocycles. The summed E-state index contributed by atoms with van der Waals surface area (Å²) >= 11 is 2.12. The van der Waals surface area contributed by atoms with E-state index in [4.69, 9.17) is 4.18 Å². The lowest BCUT2D eigenvalue weighted by Crippen LogP contribution is -1.79. The fraction of sp³-hybridized carbons (Fsp3) is 0. The van der Waals surface area contributed by atoms with Gasteiger partial charge in [-0.15, -0.1) is 0 Å². The van der Waals surface area contributed by atoms with E-state index in [1.165, 1.54) is 14.6 Å². The maximum Gasteiger partial charge on any atom is 0.146 e. The third-order valence-electron chi connectivity index (χ3n) is 1.87. The number of halogens is 1. The van der Waals surface area contributed by atoms with Crippen molar-refractivity contribution in [3.63, 3.8) is 0 Å². The van der Waals surface area contributed by atoms with Crippen LogP contribution in [0.15, 0.2) is 42.5 Å². The monoisotopic (exact) mass is 302 g/mol. The van der Waals surface area contributed by atoms with Gasteiger partial charge in [-0.3, -0.25) is 0 Å². The summed E-state index contributed by atoms with van der Waals surface area (Å²) in [4.78, 5) is 0. The minimum Gasteiger partial charge on any atom is -0.414 e. The van der Waals surface area contributed by atoms with Crippen molar-refractivity contribution in [3.8, 4) is 5.75 Å². The summed E-state index contributed by atoms with van der Waals surface area (Å²) < 4.78 is 5.42. The molecule has 0 aliphatic carbocycles. The molecule has 0 atom stereocenters. The van der Waals surface area contributed by atoms with Gasteiger partial charge in [0.05, 0.1) is 0 Å². The van der Waals surface area contributed by atoms with Crippen molar-refractivity contribution in [2.24, 2.45) is 0 Å². The zero-order chi connectivity index (χ0) is 9.10. The van der Waals surface area contributed by atoms with E-state index >= 15 is 0 Å². The predicted octanol–water partition coefficient (Wildman–Crippen LogP) is 4.22. The molecule has 2 rings (SSSR count). The second kappa shape index (κ2) is 4.19. The molecule has 13 heavy (non-hydrogen) atoms. The van der Waals surface area contributed by atoms with Crippen LogP contribution in [0.5, 0.6) is 5.75 Å². The third-order valence-corrected chi connectivity index (χ3v) is 2.65. The van der Waals surface area contributed by atoms with Crippen molar-refractivity contribution in [2.45, 2.75) is 0 Å². The molecule has 0 spiro atoms. The van der Waals surface area contributed by atoms with E-state index in [-0.39, 0.29) is 0 Å². The number of hydrogen-bond acceptors (Lipinski definition) is 2. The Hall–Kier alpha value is -0.420. The van der Waals surface area contributed by atoms with Crippen molar-refractivity contribution >= 4 is 41.2 Å². The third kappa shape index (κ3) is 1.91. The van der Waals surface area contributed by atoms with E-state index in [1.54, 1.807) is 0 Å². The molecule has 66 valence electrons. The number of rotatable bonds is 2. The average molecular weight is 302 g/mol. The van der Waals surface area contributed by atoms with Gasteiger partial charge in [-0.25, -0.2) is 0 Å². The summed E-state index contributed by atoms with van der Waals surface area (Å²) in [7, 11) is 1.34. The lowest BCUT2D eigenvalue weighted by molar-refractivity contribution is 0.666. The molecular formula is C10H7IOS. The van der Waals surface area contributed by atoms with Crippen LogP contribution >= 0.6 is 30.4 Å². The fourth-order valence-electron chi connectivity index (χ4n) is 1.30. The summed E-state index contributed by atoms with van der Waals surface area (Å²) in [6.07, 6.45) is 0. The Morgan fingerprint density at radius 1 is 1.00 bits per heavy atom. The Morgan fingerprint density at radius 3 is 2.62 bits per heavy atom. The van der Waals surface area contributed by atoms with Gasteiger partial charge in [0.15, 0.2) is 0 Å². The van der Waals surface area contributed by atoms with Gasteiger partial charge in [-0.2, -0.15) is 0 Å². The molecule has 0 heterocycles. The maximum atomic E-state index is 5.42. The van der Waals surface area contributed by atoms with Crippen molar-refractivity contribution in [1.29, 1.82) is 0 Å². The van der Waals surface area contributed by atoms with Gasteiger partial charge in [0.25, 0.3) is 0 Å².